The van der Waals surface area contributed by atoms with Gasteiger partial charge in [-0.2, -0.15) is 0 Å². The molecule has 1 radical (unpaired) electrons. The summed E-state index contributed by atoms with van der Waals surface area (Å²) >= 11 is 6.09. The van der Waals surface area contributed by atoms with E-state index in [1.165, 1.54) is 18.2 Å². The van der Waals surface area contributed by atoms with Crippen molar-refractivity contribution >= 4 is 23.2 Å². The average Bonchev–Trinajstić information content (AvgIpc) is 2.86. The van der Waals surface area contributed by atoms with Gasteiger partial charge in [-0.15, -0.1) is 35.9 Å². The number of benzene rings is 3. The fourth-order valence-corrected chi connectivity index (χ4v) is 4.38. The molecular formula is C27H29ClN3O2Y-. The smallest absolute Gasteiger partial charge is 0.255 e. The molecule has 0 aromatic heterocycles. The summed E-state index contributed by atoms with van der Waals surface area (Å²) in [6.07, 6.45) is 2.11. The minimum atomic E-state index is -0.188. The van der Waals surface area contributed by atoms with Crippen LogP contribution >= 0.6 is 11.6 Å². The summed E-state index contributed by atoms with van der Waals surface area (Å²) < 4.78 is 5.29. The first kappa shape index (κ1) is 26.7. The second-order valence-electron chi connectivity index (χ2n) is 8.48. The van der Waals surface area contributed by atoms with Crippen molar-refractivity contribution in [3.63, 3.8) is 0 Å². The van der Waals surface area contributed by atoms with Gasteiger partial charge in [0, 0.05) is 51.9 Å². The second-order valence-corrected chi connectivity index (χ2v) is 8.88. The molecule has 34 heavy (non-hydrogen) atoms. The molecule has 0 atom stereocenters. The molecule has 0 unspecified atom stereocenters. The summed E-state index contributed by atoms with van der Waals surface area (Å²) in [5.74, 6) is 0.698. The summed E-state index contributed by atoms with van der Waals surface area (Å²) in [5, 5.41) is 3.39. The second kappa shape index (κ2) is 12.7. The van der Waals surface area contributed by atoms with Gasteiger partial charge in [-0.3, -0.25) is 9.69 Å². The Hall–Kier alpha value is -1.92. The van der Waals surface area contributed by atoms with Gasteiger partial charge in [0.05, 0.1) is 23.4 Å². The van der Waals surface area contributed by atoms with Crippen LogP contribution in [0.2, 0.25) is 5.02 Å². The molecule has 1 aliphatic heterocycles. The summed E-state index contributed by atoms with van der Waals surface area (Å²) in [7, 11) is 1.52. The molecule has 4 rings (SSSR count). The molecule has 0 aliphatic carbocycles. The van der Waals surface area contributed by atoms with Crippen LogP contribution in [0.15, 0.2) is 60.7 Å². The molecule has 3 aromatic rings. The van der Waals surface area contributed by atoms with Crippen LogP contribution in [-0.4, -0.2) is 37.6 Å². The van der Waals surface area contributed by atoms with E-state index in [0.29, 0.717) is 34.5 Å². The third-order valence-electron chi connectivity index (χ3n) is 6.20. The first-order valence-corrected chi connectivity index (χ1v) is 11.6. The number of anilines is 1. The van der Waals surface area contributed by atoms with Crippen LogP contribution < -0.4 is 15.8 Å². The predicted octanol–water partition coefficient (Wildman–Crippen LogP) is 5.04. The molecule has 7 heteroatoms. The number of hydrogen-bond acceptors (Lipinski definition) is 4. The Kier molecular flexibility index (Phi) is 9.96. The fraction of sp³-hybridized carbons (Fsp3) is 0.296. The summed E-state index contributed by atoms with van der Waals surface area (Å²) in [4.78, 5) is 15.1. The van der Waals surface area contributed by atoms with Gasteiger partial charge in [0.15, 0.2) is 0 Å². The van der Waals surface area contributed by atoms with Gasteiger partial charge in [-0.05, 0) is 43.5 Å². The van der Waals surface area contributed by atoms with E-state index in [0.717, 1.165) is 38.0 Å². The minimum absolute atomic E-state index is 0. The summed E-state index contributed by atoms with van der Waals surface area (Å²) in [6, 6.07) is 23.2. The van der Waals surface area contributed by atoms with Gasteiger partial charge in [-0.25, -0.2) is 0 Å². The summed E-state index contributed by atoms with van der Waals surface area (Å²) in [6.45, 7) is 3.62. The van der Waals surface area contributed by atoms with E-state index >= 15 is 0 Å². The number of methoxy groups -OCH3 is 1. The maximum Gasteiger partial charge on any atom is 0.255 e. The monoisotopic (exact) mass is 551 g/mol. The van der Waals surface area contributed by atoms with E-state index in [-0.39, 0.29) is 38.6 Å². The molecule has 5 nitrogen and oxygen atoms in total. The number of nitrogen functional groups attached to an aromatic ring is 1. The molecule has 1 saturated heterocycles. The number of nitrogens with one attached hydrogen (secondary N) is 1. The maximum absolute atomic E-state index is 12.7. The number of halogens is 1. The number of amides is 1. The largest absolute Gasteiger partial charge is 0.496 e. The van der Waals surface area contributed by atoms with Gasteiger partial charge in [0.25, 0.3) is 5.91 Å². The van der Waals surface area contributed by atoms with Gasteiger partial charge in [0.1, 0.15) is 5.75 Å². The Labute approximate surface area is 231 Å². The number of ether oxygens (including phenoxy) is 1. The van der Waals surface area contributed by atoms with Crippen molar-refractivity contribution in [2.24, 2.45) is 5.92 Å². The van der Waals surface area contributed by atoms with Crippen molar-refractivity contribution < 1.29 is 42.2 Å². The molecule has 175 valence electrons. The molecular weight excluding hydrogens is 523 g/mol. The van der Waals surface area contributed by atoms with E-state index in [9.17, 15) is 4.79 Å². The van der Waals surface area contributed by atoms with Crippen molar-refractivity contribution in [2.75, 3.05) is 32.5 Å². The number of carbonyl (C=O) groups is 1. The first-order chi connectivity index (χ1) is 16.0. The average molecular weight is 552 g/mol. The standard InChI is InChI=1S/C27H29ClN3O2.Y/c1-33-26-16-25(29)24(28)15-23(26)27(32)30-17-19-11-13-31(14-12-19)18-20-7-9-22(10-8-20)21-5-3-2-4-6-21;/h2-5,7-10,15-16,19H,11-14,17-18,29H2,1H3,(H,30,32);/q-1;. The van der Waals surface area contributed by atoms with Gasteiger partial charge in [-0.1, -0.05) is 41.4 Å². The SMILES string of the molecule is COc1cc(N)c(Cl)cc1C(=O)NCC1CCN(Cc2ccc(-c3[c-]cccc3)cc2)CC1.[Y]. The molecule has 1 fully saturated rings. The molecule has 0 saturated carbocycles. The van der Waals surface area contributed by atoms with Crippen LogP contribution in [0.25, 0.3) is 11.1 Å². The Morgan fingerprint density at radius 2 is 1.91 bits per heavy atom. The van der Waals surface area contributed by atoms with Crippen molar-refractivity contribution in [3.8, 4) is 16.9 Å². The number of nitrogens with two attached hydrogens (primary N) is 1. The van der Waals surface area contributed by atoms with Crippen LogP contribution in [0.3, 0.4) is 0 Å². The normalized spacial score (nSPS) is 14.3. The van der Waals surface area contributed by atoms with Crippen LogP contribution in [0, 0.1) is 12.0 Å². The fourth-order valence-electron chi connectivity index (χ4n) is 4.22. The van der Waals surface area contributed by atoms with Crippen molar-refractivity contribution in [3.05, 3.63) is 82.9 Å². The minimum Gasteiger partial charge on any atom is -0.496 e. The van der Waals surface area contributed by atoms with Crippen molar-refractivity contribution in [1.82, 2.24) is 10.2 Å². The summed E-state index contributed by atoms with van der Waals surface area (Å²) in [5.41, 5.74) is 10.2. The number of carbonyl (C=O) groups excluding carboxylic acids is 1. The quantitative estimate of drug-likeness (QED) is 0.319. The zero-order chi connectivity index (χ0) is 23.2. The van der Waals surface area contributed by atoms with Gasteiger partial charge in [0.2, 0.25) is 0 Å². The Morgan fingerprint density at radius 3 is 2.56 bits per heavy atom. The Morgan fingerprint density at radius 1 is 1.18 bits per heavy atom. The van der Waals surface area contributed by atoms with Gasteiger partial charge >= 0.3 is 0 Å². The van der Waals surface area contributed by atoms with E-state index in [2.05, 4.69) is 46.6 Å². The van der Waals surface area contributed by atoms with E-state index in [1.807, 2.05) is 18.2 Å². The Bertz CT molecular complexity index is 1090. The number of nitrogens with zero attached hydrogens (tertiary/aromatic N) is 1. The van der Waals surface area contributed by atoms with Gasteiger partial charge < -0.3 is 15.8 Å². The number of rotatable bonds is 7. The number of likely N-dealkylation sites (tertiary alicyclic amines) is 1. The van der Waals surface area contributed by atoms with E-state index in [4.69, 9.17) is 22.1 Å². The molecule has 3 aromatic carbocycles. The molecule has 1 heterocycles. The number of hydrogen-bond donors (Lipinski definition) is 2. The van der Waals surface area contributed by atoms with Crippen LogP contribution in [0.5, 0.6) is 5.75 Å². The number of piperidine rings is 1. The van der Waals surface area contributed by atoms with Crippen molar-refractivity contribution in [2.45, 2.75) is 19.4 Å². The molecule has 1 aliphatic rings. The molecule has 3 N–H and O–H groups in total. The molecule has 1 amide bonds. The van der Waals surface area contributed by atoms with Crippen LogP contribution in [0.1, 0.15) is 28.8 Å². The van der Waals surface area contributed by atoms with Crippen molar-refractivity contribution in [1.29, 1.82) is 0 Å². The van der Waals surface area contributed by atoms with Crippen LogP contribution in [0.4, 0.5) is 5.69 Å². The third kappa shape index (κ3) is 6.82. The van der Waals surface area contributed by atoms with Crippen LogP contribution in [-0.2, 0) is 39.3 Å². The molecule has 0 spiro atoms. The topological polar surface area (TPSA) is 67.6 Å². The zero-order valence-electron chi connectivity index (χ0n) is 19.4. The predicted molar refractivity (Wildman–Crippen MR) is 133 cm³/mol. The molecule has 0 bridgehead atoms. The van der Waals surface area contributed by atoms with E-state index < -0.39 is 0 Å². The van der Waals surface area contributed by atoms with E-state index in [1.54, 1.807) is 12.1 Å². The maximum atomic E-state index is 12.7. The first-order valence-electron chi connectivity index (χ1n) is 11.2. The third-order valence-corrected chi connectivity index (χ3v) is 6.53. The Balaban J connectivity index is 0.00000324. The zero-order valence-corrected chi connectivity index (χ0v) is 23.0.